The number of hydrogen-bond acceptors (Lipinski definition) is 2. The Morgan fingerprint density at radius 1 is 1.45 bits per heavy atom. The minimum Gasteiger partial charge on any atom is -0.338 e. The maximum absolute atomic E-state index is 10.9. The van der Waals surface area contributed by atoms with Crippen LogP contribution in [-0.4, -0.2) is 5.16 Å². The van der Waals surface area contributed by atoms with E-state index in [0.717, 1.165) is 9.09 Å². The van der Waals surface area contributed by atoms with Crippen LogP contribution < -0.4 is 5.63 Å². The lowest BCUT2D eigenvalue weighted by atomic mass is 10.3. The molecule has 0 saturated carbocycles. The van der Waals surface area contributed by atoms with E-state index in [1.807, 2.05) is 12.1 Å². The van der Waals surface area contributed by atoms with Crippen molar-refractivity contribution >= 4 is 33.5 Å². The summed E-state index contributed by atoms with van der Waals surface area (Å²) in [5.74, 6) is 0. The zero-order valence-corrected chi connectivity index (χ0v) is 7.58. The minimum atomic E-state index is -0.307. The van der Waals surface area contributed by atoms with E-state index < -0.39 is 0 Å². The van der Waals surface area contributed by atoms with E-state index in [4.69, 9.17) is 0 Å². The second kappa shape index (κ2) is 2.37. The predicted octanol–water partition coefficient (Wildman–Crippen LogP) is 1.73. The van der Waals surface area contributed by atoms with Crippen LogP contribution >= 0.6 is 22.6 Å². The van der Waals surface area contributed by atoms with Crippen molar-refractivity contribution in [2.45, 2.75) is 0 Å². The zero-order chi connectivity index (χ0) is 7.84. The van der Waals surface area contributed by atoms with E-state index in [1.165, 1.54) is 0 Å². The molecule has 0 unspecified atom stereocenters. The number of halogens is 1. The van der Waals surface area contributed by atoms with Crippen molar-refractivity contribution in [3.63, 3.8) is 0 Å². The summed E-state index contributed by atoms with van der Waals surface area (Å²) in [4.78, 5) is 10.9. The molecule has 1 aromatic carbocycles. The fourth-order valence-electron chi connectivity index (χ4n) is 0.931. The average molecular weight is 261 g/mol. The molecule has 0 bridgehead atoms. The predicted molar refractivity (Wildman–Crippen MR) is 49.6 cm³/mol. The normalized spacial score (nSPS) is 10.6. The lowest BCUT2D eigenvalue weighted by Gasteiger charge is -1.85. The molecule has 11 heavy (non-hydrogen) atoms. The molecule has 0 aliphatic rings. The number of nitrogens with one attached hydrogen (secondary N) is 1. The number of H-pyrrole nitrogens is 1. The van der Waals surface area contributed by atoms with Crippen molar-refractivity contribution in [3.8, 4) is 0 Å². The van der Waals surface area contributed by atoms with Crippen LogP contribution in [0.1, 0.15) is 0 Å². The number of rotatable bonds is 0. The van der Waals surface area contributed by atoms with Gasteiger partial charge in [-0.2, -0.15) is 0 Å². The molecule has 56 valence electrons. The summed E-state index contributed by atoms with van der Waals surface area (Å²) in [6.45, 7) is 0. The highest BCUT2D eigenvalue weighted by molar-refractivity contribution is 14.1. The van der Waals surface area contributed by atoms with E-state index in [0.29, 0.717) is 5.39 Å². The molecule has 2 aromatic rings. The molecule has 0 atom stereocenters. The van der Waals surface area contributed by atoms with Gasteiger partial charge in [-0.15, -0.1) is 0 Å². The third-order valence-electron chi connectivity index (χ3n) is 1.46. The smallest absolute Gasteiger partial charge is 0.338 e. The molecule has 0 aliphatic carbocycles. The largest absolute Gasteiger partial charge is 0.365 e. The van der Waals surface area contributed by atoms with E-state index in [1.54, 1.807) is 6.07 Å². The summed E-state index contributed by atoms with van der Waals surface area (Å²) in [5.41, 5.74) is 0.439. The molecule has 0 fully saturated rings. The molecule has 1 heterocycles. The first-order chi connectivity index (χ1) is 5.27. The van der Waals surface area contributed by atoms with Gasteiger partial charge in [-0.25, -0.2) is 9.95 Å². The summed E-state index contributed by atoms with van der Waals surface area (Å²) in [5, 5.41) is 3.13. The Balaban J connectivity index is 2.99. The molecule has 3 nitrogen and oxygen atoms in total. The van der Waals surface area contributed by atoms with Crippen molar-refractivity contribution in [3.05, 3.63) is 32.2 Å². The number of aromatic amines is 1. The van der Waals surface area contributed by atoms with Crippen molar-refractivity contribution in [1.29, 1.82) is 0 Å². The summed E-state index contributed by atoms with van der Waals surface area (Å²) in [7, 11) is 0. The fourth-order valence-corrected chi connectivity index (χ4v) is 1.42. The van der Waals surface area contributed by atoms with Gasteiger partial charge in [0.2, 0.25) is 0 Å². The summed E-state index contributed by atoms with van der Waals surface area (Å²) in [6.07, 6.45) is 0. The van der Waals surface area contributed by atoms with Crippen LogP contribution in [0.3, 0.4) is 0 Å². The zero-order valence-electron chi connectivity index (χ0n) is 5.43. The summed E-state index contributed by atoms with van der Waals surface area (Å²) >= 11 is 2.15. The van der Waals surface area contributed by atoms with Crippen molar-refractivity contribution in [1.82, 2.24) is 5.16 Å². The molecule has 1 aromatic heterocycles. The van der Waals surface area contributed by atoms with E-state index >= 15 is 0 Å². The van der Waals surface area contributed by atoms with E-state index in [2.05, 4.69) is 32.3 Å². The van der Waals surface area contributed by atoms with Crippen LogP contribution in [0.4, 0.5) is 0 Å². The van der Waals surface area contributed by atoms with Crippen molar-refractivity contribution < 1.29 is 4.52 Å². The van der Waals surface area contributed by atoms with Gasteiger partial charge in [0.25, 0.3) is 0 Å². The van der Waals surface area contributed by atoms with E-state index in [-0.39, 0.29) is 5.63 Å². The van der Waals surface area contributed by atoms with Gasteiger partial charge in [0.05, 0.1) is 10.9 Å². The first-order valence-corrected chi connectivity index (χ1v) is 4.12. The Labute approximate surface area is 75.5 Å². The Morgan fingerprint density at radius 2 is 2.27 bits per heavy atom. The molecule has 0 radical (unpaired) electrons. The van der Waals surface area contributed by atoms with E-state index in [9.17, 15) is 4.79 Å². The monoisotopic (exact) mass is 261 g/mol. The lowest BCUT2D eigenvalue weighted by molar-refractivity contribution is 0.400. The van der Waals surface area contributed by atoms with Crippen LogP contribution in [0.5, 0.6) is 0 Å². The molecule has 2 rings (SSSR count). The molecule has 0 amide bonds. The quantitative estimate of drug-likeness (QED) is 0.734. The first kappa shape index (κ1) is 6.90. The van der Waals surface area contributed by atoms with Gasteiger partial charge in [0.15, 0.2) is 0 Å². The lowest BCUT2D eigenvalue weighted by Crippen LogP contribution is -1.90. The topological polar surface area (TPSA) is 46.0 Å². The van der Waals surface area contributed by atoms with Gasteiger partial charge in [-0.1, -0.05) is 0 Å². The van der Waals surface area contributed by atoms with Crippen LogP contribution in [0.2, 0.25) is 0 Å². The highest BCUT2D eigenvalue weighted by Crippen LogP contribution is 2.11. The van der Waals surface area contributed by atoms with Gasteiger partial charge in [0.1, 0.15) is 0 Å². The van der Waals surface area contributed by atoms with Crippen molar-refractivity contribution in [2.24, 2.45) is 0 Å². The molecule has 4 heteroatoms. The third-order valence-corrected chi connectivity index (χ3v) is 2.13. The number of benzene rings is 1. The standard InChI is InChI=1S/C7H4INO2/c8-4-1-2-6-5(3-4)7(10)11-9-6/h1-3,9H. The summed E-state index contributed by atoms with van der Waals surface area (Å²) in [6, 6.07) is 5.52. The summed E-state index contributed by atoms with van der Waals surface area (Å²) < 4.78 is 5.62. The van der Waals surface area contributed by atoms with Crippen LogP contribution in [0, 0.1) is 3.57 Å². The minimum absolute atomic E-state index is 0.307. The van der Waals surface area contributed by atoms with Crippen LogP contribution in [-0.2, 0) is 0 Å². The average Bonchev–Trinajstić information content (AvgIpc) is 2.33. The Morgan fingerprint density at radius 3 is 3.09 bits per heavy atom. The van der Waals surface area contributed by atoms with Gasteiger partial charge in [-0.3, -0.25) is 0 Å². The van der Waals surface area contributed by atoms with Gasteiger partial charge < -0.3 is 4.52 Å². The third kappa shape index (κ3) is 1.07. The van der Waals surface area contributed by atoms with Crippen molar-refractivity contribution in [2.75, 3.05) is 0 Å². The second-order valence-corrected chi connectivity index (χ2v) is 3.43. The molecule has 0 spiro atoms. The maximum Gasteiger partial charge on any atom is 0.365 e. The van der Waals surface area contributed by atoms with Crippen LogP contribution in [0.25, 0.3) is 10.9 Å². The maximum atomic E-state index is 10.9. The number of fused-ring (bicyclic) bond motifs is 1. The second-order valence-electron chi connectivity index (χ2n) is 2.18. The fraction of sp³-hybridized carbons (Fsp3) is 0. The molecular formula is C7H4INO2. The Hall–Kier alpha value is -0.780. The van der Waals surface area contributed by atoms with Gasteiger partial charge in [-0.05, 0) is 40.8 Å². The first-order valence-electron chi connectivity index (χ1n) is 3.04. The molecule has 0 saturated heterocycles. The Bertz CT molecular complexity index is 443. The van der Waals surface area contributed by atoms with Gasteiger partial charge in [0, 0.05) is 3.57 Å². The highest BCUT2D eigenvalue weighted by atomic mass is 127. The van der Waals surface area contributed by atoms with Gasteiger partial charge >= 0.3 is 5.63 Å². The molecular weight excluding hydrogens is 257 g/mol. The molecule has 1 N–H and O–H groups in total. The Kier molecular flexibility index (Phi) is 1.49. The van der Waals surface area contributed by atoms with Crippen LogP contribution in [0.15, 0.2) is 27.5 Å². The number of aromatic nitrogens is 1. The highest BCUT2D eigenvalue weighted by Gasteiger charge is 2.01. The number of hydrogen-bond donors (Lipinski definition) is 1. The molecule has 0 aliphatic heterocycles. The SMILES string of the molecule is O=c1o[nH]c2ccc(I)cc12.